The van der Waals surface area contributed by atoms with Crippen LogP contribution in [-0.4, -0.2) is 64.5 Å². The number of rotatable bonds is 6. The number of nitrogens with zero attached hydrogens (tertiary/aromatic N) is 4. The Hall–Kier alpha value is -2.12. The summed E-state index contributed by atoms with van der Waals surface area (Å²) in [6, 6.07) is 4.10. The molecule has 2 aliphatic heterocycles. The number of hydrogen-bond donors (Lipinski definition) is 1. The molecule has 0 spiro atoms. The predicted octanol–water partition coefficient (Wildman–Crippen LogP) is 3.53. The molecule has 162 valence electrons. The molecule has 0 radical (unpaired) electrons. The lowest BCUT2D eigenvalue weighted by Gasteiger charge is -2.33. The lowest BCUT2D eigenvalue weighted by Crippen LogP contribution is -2.41. The minimum absolute atomic E-state index is 0.00481. The highest BCUT2D eigenvalue weighted by molar-refractivity contribution is 5.94. The maximum atomic E-state index is 11.9. The summed E-state index contributed by atoms with van der Waals surface area (Å²) in [7, 11) is 0. The van der Waals surface area contributed by atoms with E-state index in [1.807, 2.05) is 13.0 Å². The number of carbonyl (C=O) groups is 1. The third-order valence-electron chi connectivity index (χ3n) is 7.02. The summed E-state index contributed by atoms with van der Waals surface area (Å²) in [5.74, 6) is 2.04. The molecule has 5 rings (SSSR count). The lowest BCUT2D eigenvalue weighted by molar-refractivity contribution is 0.0364. The Balaban J connectivity index is 1.49. The van der Waals surface area contributed by atoms with Crippen LogP contribution in [0.25, 0.3) is 11.0 Å². The molecule has 2 aromatic rings. The van der Waals surface area contributed by atoms with Gasteiger partial charge in [-0.1, -0.05) is 12.8 Å². The highest BCUT2D eigenvalue weighted by Crippen LogP contribution is 2.37. The highest BCUT2D eigenvalue weighted by Gasteiger charge is 2.31. The molecule has 1 aromatic heterocycles. The van der Waals surface area contributed by atoms with Crippen molar-refractivity contribution in [3.05, 3.63) is 23.5 Å². The Morgan fingerprint density at radius 1 is 1.20 bits per heavy atom. The zero-order valence-electron chi connectivity index (χ0n) is 17.8. The fourth-order valence-corrected chi connectivity index (χ4v) is 5.01. The second-order valence-electron chi connectivity index (χ2n) is 9.09. The molecule has 7 heteroatoms. The van der Waals surface area contributed by atoms with Crippen LogP contribution in [0.3, 0.4) is 0 Å². The van der Waals surface area contributed by atoms with Crippen molar-refractivity contribution in [1.29, 1.82) is 0 Å². The molecule has 1 amide bonds. The van der Waals surface area contributed by atoms with Crippen molar-refractivity contribution in [3.8, 4) is 0 Å². The summed E-state index contributed by atoms with van der Waals surface area (Å²) in [6.45, 7) is 7.53. The number of imidazole rings is 1. The molecule has 1 aromatic carbocycles. The van der Waals surface area contributed by atoms with Gasteiger partial charge in [0, 0.05) is 44.2 Å². The maximum absolute atomic E-state index is 11.9. The average Bonchev–Trinajstić information content (AvgIpc) is 3.51. The third kappa shape index (κ3) is 3.81. The monoisotopic (exact) mass is 412 g/mol. The van der Waals surface area contributed by atoms with Gasteiger partial charge in [-0.3, -0.25) is 9.80 Å². The minimum atomic E-state index is -0.872. The van der Waals surface area contributed by atoms with E-state index in [1.54, 1.807) is 0 Å². The predicted molar refractivity (Wildman–Crippen MR) is 116 cm³/mol. The van der Waals surface area contributed by atoms with E-state index < -0.39 is 6.09 Å². The Labute approximate surface area is 177 Å². The normalized spacial score (nSPS) is 22.4. The summed E-state index contributed by atoms with van der Waals surface area (Å²) < 4.78 is 7.89. The van der Waals surface area contributed by atoms with Crippen molar-refractivity contribution >= 4 is 22.8 Å². The van der Waals surface area contributed by atoms with Crippen LogP contribution in [0, 0.1) is 5.92 Å². The van der Waals surface area contributed by atoms with Crippen LogP contribution in [0.4, 0.5) is 10.5 Å². The number of carboxylic acid groups (broad SMARTS) is 1. The van der Waals surface area contributed by atoms with Crippen molar-refractivity contribution in [2.24, 2.45) is 5.92 Å². The maximum Gasteiger partial charge on any atom is 0.412 e. The largest absolute Gasteiger partial charge is 0.465 e. The number of anilines is 1. The number of fused-ring (bicyclic) bond motifs is 3. The molecule has 7 nitrogen and oxygen atoms in total. The SMILES string of the molecule is C[C@H]1CCc2c(ccc3c2nc(CCC2CC2)n3CCN2CCOCC2)N1C(=O)O. The van der Waals surface area contributed by atoms with Crippen molar-refractivity contribution < 1.29 is 14.6 Å². The van der Waals surface area contributed by atoms with E-state index in [9.17, 15) is 9.90 Å². The van der Waals surface area contributed by atoms with E-state index in [0.717, 1.165) is 86.9 Å². The molecule has 1 aliphatic carbocycles. The van der Waals surface area contributed by atoms with Crippen molar-refractivity contribution in [1.82, 2.24) is 14.5 Å². The number of morpholine rings is 1. The molecule has 3 heterocycles. The van der Waals surface area contributed by atoms with Gasteiger partial charge < -0.3 is 14.4 Å². The summed E-state index contributed by atoms with van der Waals surface area (Å²) in [5.41, 5.74) is 4.09. The summed E-state index contributed by atoms with van der Waals surface area (Å²) >= 11 is 0. The number of benzene rings is 1. The lowest BCUT2D eigenvalue weighted by atomic mass is 9.96. The summed E-state index contributed by atoms with van der Waals surface area (Å²) in [5, 5.41) is 9.75. The van der Waals surface area contributed by atoms with Crippen LogP contribution in [0.5, 0.6) is 0 Å². The fraction of sp³-hybridized carbons (Fsp3) is 0.652. The molecular weight excluding hydrogens is 380 g/mol. The van der Waals surface area contributed by atoms with Gasteiger partial charge in [0.05, 0.1) is 29.9 Å². The number of aryl methyl sites for hydroxylation is 2. The Bertz CT molecular complexity index is 930. The molecule has 1 atom stereocenters. The van der Waals surface area contributed by atoms with Crippen LogP contribution < -0.4 is 4.90 Å². The molecule has 3 aliphatic rings. The molecule has 2 fully saturated rings. The van der Waals surface area contributed by atoms with Crippen molar-refractivity contribution in [3.63, 3.8) is 0 Å². The molecule has 1 saturated heterocycles. The van der Waals surface area contributed by atoms with Gasteiger partial charge in [0.2, 0.25) is 0 Å². The number of hydrogen-bond acceptors (Lipinski definition) is 4. The molecule has 30 heavy (non-hydrogen) atoms. The van der Waals surface area contributed by atoms with Crippen LogP contribution >= 0.6 is 0 Å². The van der Waals surface area contributed by atoms with Gasteiger partial charge in [0.25, 0.3) is 0 Å². The zero-order valence-corrected chi connectivity index (χ0v) is 17.8. The highest BCUT2D eigenvalue weighted by atomic mass is 16.5. The second-order valence-corrected chi connectivity index (χ2v) is 9.09. The first-order valence-corrected chi connectivity index (χ1v) is 11.4. The van der Waals surface area contributed by atoms with Gasteiger partial charge in [0.15, 0.2) is 0 Å². The van der Waals surface area contributed by atoms with Gasteiger partial charge in [-0.2, -0.15) is 0 Å². The Morgan fingerprint density at radius 2 is 2.00 bits per heavy atom. The van der Waals surface area contributed by atoms with Crippen LogP contribution in [-0.2, 0) is 24.1 Å². The zero-order chi connectivity index (χ0) is 20.7. The molecule has 0 bridgehead atoms. The third-order valence-corrected chi connectivity index (χ3v) is 7.02. The first kappa shape index (κ1) is 19.8. The van der Waals surface area contributed by atoms with Gasteiger partial charge in [0.1, 0.15) is 5.82 Å². The second kappa shape index (κ2) is 8.19. The number of ether oxygens (including phenoxy) is 1. The van der Waals surface area contributed by atoms with Crippen LogP contribution in [0.2, 0.25) is 0 Å². The van der Waals surface area contributed by atoms with E-state index in [1.165, 1.54) is 30.0 Å². The average molecular weight is 413 g/mol. The topological polar surface area (TPSA) is 70.8 Å². The van der Waals surface area contributed by atoms with E-state index >= 15 is 0 Å². The first-order chi connectivity index (χ1) is 14.6. The quantitative estimate of drug-likeness (QED) is 0.786. The fourth-order valence-electron chi connectivity index (χ4n) is 5.01. The van der Waals surface area contributed by atoms with E-state index in [-0.39, 0.29) is 6.04 Å². The van der Waals surface area contributed by atoms with E-state index in [0.29, 0.717) is 0 Å². The van der Waals surface area contributed by atoms with Crippen LogP contribution in [0.1, 0.15) is 44.0 Å². The van der Waals surface area contributed by atoms with Gasteiger partial charge in [-0.25, -0.2) is 9.78 Å². The van der Waals surface area contributed by atoms with Crippen molar-refractivity contribution in [2.75, 3.05) is 37.7 Å². The molecule has 1 saturated carbocycles. The van der Waals surface area contributed by atoms with Crippen LogP contribution in [0.15, 0.2) is 12.1 Å². The van der Waals surface area contributed by atoms with E-state index in [2.05, 4.69) is 15.5 Å². The standard InChI is InChI=1S/C23H32N4O3/c1-16-2-6-18-19(27(16)23(28)29)7-8-20-22(18)24-21(9-5-17-3-4-17)26(20)11-10-25-12-14-30-15-13-25/h7-8,16-17H,2-6,9-15H2,1H3,(H,28,29)/t16-/m0/s1. The molecule has 1 N–H and O–H groups in total. The Kier molecular flexibility index (Phi) is 5.41. The van der Waals surface area contributed by atoms with Gasteiger partial charge >= 0.3 is 6.09 Å². The summed E-state index contributed by atoms with van der Waals surface area (Å²) in [6.07, 6.45) is 5.79. The van der Waals surface area contributed by atoms with E-state index in [4.69, 9.17) is 9.72 Å². The molecular formula is C23H32N4O3. The van der Waals surface area contributed by atoms with Gasteiger partial charge in [-0.15, -0.1) is 0 Å². The number of aromatic nitrogens is 2. The van der Waals surface area contributed by atoms with Crippen molar-refractivity contribution in [2.45, 2.75) is 58.0 Å². The smallest absolute Gasteiger partial charge is 0.412 e. The molecule has 0 unspecified atom stereocenters. The Morgan fingerprint density at radius 3 is 2.73 bits per heavy atom. The van der Waals surface area contributed by atoms with Gasteiger partial charge in [-0.05, 0) is 44.2 Å². The first-order valence-electron chi connectivity index (χ1n) is 11.4. The number of amides is 1. The summed E-state index contributed by atoms with van der Waals surface area (Å²) in [4.78, 5) is 21.0. The minimum Gasteiger partial charge on any atom is -0.465 e.